The average molecular weight is 698 g/mol. The molecule has 3 fully saturated rings. The largest absolute Gasteiger partial charge is 0.319 e. The fraction of sp³-hybridized carbons (Fsp3) is 1.00. The first kappa shape index (κ1) is 44.4. The molecule has 0 aromatic heterocycles. The fourth-order valence-electron chi connectivity index (χ4n) is 12.2. The molecule has 1 nitrogen and oxygen atoms in total. The first-order valence-corrected chi connectivity index (χ1v) is 23.9. The molecule has 0 radical (unpaired) electrons. The van der Waals surface area contributed by atoms with Crippen molar-refractivity contribution in [3.05, 3.63) is 0 Å². The SMILES string of the molecule is CCCCCC(C(C)C1CC(CCC(CCCCCCC(C)C)CNC)CC(C2CCCCCCC(CC)C(C)CC2)C1)C1CCCCC1C. The van der Waals surface area contributed by atoms with Gasteiger partial charge in [0.2, 0.25) is 0 Å². The molecule has 0 aromatic rings. The van der Waals surface area contributed by atoms with Gasteiger partial charge in [0.25, 0.3) is 0 Å². The Hall–Kier alpha value is -0.0400. The molecule has 3 rings (SSSR count). The van der Waals surface area contributed by atoms with Gasteiger partial charge in [-0.25, -0.2) is 0 Å². The van der Waals surface area contributed by atoms with E-state index in [1.54, 1.807) is 25.7 Å². The van der Waals surface area contributed by atoms with Crippen LogP contribution in [0.2, 0.25) is 0 Å². The van der Waals surface area contributed by atoms with Crippen molar-refractivity contribution in [2.75, 3.05) is 13.6 Å². The lowest BCUT2D eigenvalue weighted by atomic mass is 9.59. The van der Waals surface area contributed by atoms with Crippen LogP contribution in [0.5, 0.6) is 0 Å². The predicted molar refractivity (Wildman–Crippen MR) is 225 cm³/mol. The fourth-order valence-corrected chi connectivity index (χ4v) is 12.2. The van der Waals surface area contributed by atoms with Gasteiger partial charge in [-0.2, -0.15) is 0 Å². The smallest absolute Gasteiger partial charge is 0.00235 e. The Balaban J connectivity index is 1.76. The van der Waals surface area contributed by atoms with Crippen molar-refractivity contribution in [3.8, 4) is 0 Å². The van der Waals surface area contributed by atoms with Gasteiger partial charge in [0.05, 0.1) is 0 Å². The highest BCUT2D eigenvalue weighted by atomic mass is 14.8. The Labute approximate surface area is 317 Å². The van der Waals surface area contributed by atoms with Crippen LogP contribution < -0.4 is 5.32 Å². The minimum absolute atomic E-state index is 0.869. The topological polar surface area (TPSA) is 12.0 Å². The maximum absolute atomic E-state index is 3.63. The summed E-state index contributed by atoms with van der Waals surface area (Å²) in [5.74, 6) is 11.5. The molecule has 50 heavy (non-hydrogen) atoms. The van der Waals surface area contributed by atoms with E-state index in [9.17, 15) is 0 Å². The minimum atomic E-state index is 0.869. The van der Waals surface area contributed by atoms with Crippen LogP contribution in [0.25, 0.3) is 0 Å². The summed E-state index contributed by atoms with van der Waals surface area (Å²) in [6, 6.07) is 0. The van der Waals surface area contributed by atoms with Gasteiger partial charge in [0.1, 0.15) is 0 Å². The Morgan fingerprint density at radius 2 is 1.30 bits per heavy atom. The number of unbranched alkanes of at least 4 members (excludes halogenated alkanes) is 5. The number of hydrogen-bond donors (Lipinski definition) is 1. The van der Waals surface area contributed by atoms with E-state index in [0.29, 0.717) is 0 Å². The minimum Gasteiger partial charge on any atom is -0.319 e. The summed E-state index contributed by atoms with van der Waals surface area (Å²) in [4.78, 5) is 0. The molecule has 0 aromatic carbocycles. The van der Waals surface area contributed by atoms with E-state index in [0.717, 1.165) is 71.0 Å². The Morgan fingerprint density at radius 3 is 2.00 bits per heavy atom. The summed E-state index contributed by atoms with van der Waals surface area (Å²) in [6.45, 7) is 19.0. The summed E-state index contributed by atoms with van der Waals surface area (Å²) in [5, 5.41) is 3.63. The van der Waals surface area contributed by atoms with Crippen molar-refractivity contribution < 1.29 is 0 Å². The zero-order valence-corrected chi connectivity index (χ0v) is 35.9. The van der Waals surface area contributed by atoms with Crippen molar-refractivity contribution in [2.45, 2.75) is 228 Å². The van der Waals surface area contributed by atoms with Gasteiger partial charge in [0, 0.05) is 0 Å². The maximum atomic E-state index is 3.63. The van der Waals surface area contributed by atoms with Crippen LogP contribution >= 0.6 is 0 Å². The average Bonchev–Trinajstić information content (AvgIpc) is 3.15. The molecule has 3 aliphatic carbocycles. The molecule has 11 atom stereocenters. The Bertz CT molecular complexity index is 803. The summed E-state index contributed by atoms with van der Waals surface area (Å²) in [7, 11) is 2.21. The first-order valence-electron chi connectivity index (χ1n) is 23.9. The molecule has 3 saturated carbocycles. The van der Waals surface area contributed by atoms with E-state index in [1.165, 1.54) is 161 Å². The third-order valence-electron chi connectivity index (χ3n) is 15.7. The third-order valence-corrected chi connectivity index (χ3v) is 15.7. The van der Waals surface area contributed by atoms with Crippen molar-refractivity contribution in [3.63, 3.8) is 0 Å². The normalized spacial score (nSPS) is 32.3. The lowest BCUT2D eigenvalue weighted by Gasteiger charge is -2.46. The number of nitrogens with one attached hydrogen (secondary N) is 1. The molecule has 0 saturated heterocycles. The molecule has 0 aliphatic heterocycles. The molecule has 3 aliphatic rings. The molecular weight excluding hydrogens is 603 g/mol. The zero-order chi connectivity index (χ0) is 36.1. The van der Waals surface area contributed by atoms with E-state index >= 15 is 0 Å². The van der Waals surface area contributed by atoms with Crippen LogP contribution in [0, 0.1) is 71.0 Å². The van der Waals surface area contributed by atoms with E-state index in [2.05, 4.69) is 60.8 Å². The number of rotatable bonds is 21. The highest BCUT2D eigenvalue weighted by Crippen LogP contribution is 2.50. The molecule has 1 N–H and O–H groups in total. The Morgan fingerprint density at radius 1 is 0.600 bits per heavy atom. The summed E-state index contributed by atoms with van der Waals surface area (Å²) in [6.07, 6.45) is 41.7. The van der Waals surface area contributed by atoms with Crippen molar-refractivity contribution in [1.29, 1.82) is 0 Å². The molecule has 0 spiro atoms. The predicted octanol–water partition coefficient (Wildman–Crippen LogP) is 15.7. The zero-order valence-electron chi connectivity index (χ0n) is 35.9. The third kappa shape index (κ3) is 16.1. The van der Waals surface area contributed by atoms with E-state index in [-0.39, 0.29) is 0 Å². The van der Waals surface area contributed by atoms with Crippen LogP contribution in [0.1, 0.15) is 228 Å². The highest BCUT2D eigenvalue weighted by molar-refractivity contribution is 4.91. The van der Waals surface area contributed by atoms with Gasteiger partial charge in [0.15, 0.2) is 0 Å². The summed E-state index contributed by atoms with van der Waals surface area (Å²) >= 11 is 0. The van der Waals surface area contributed by atoms with Gasteiger partial charge in [-0.15, -0.1) is 0 Å². The van der Waals surface area contributed by atoms with Crippen LogP contribution in [0.15, 0.2) is 0 Å². The monoisotopic (exact) mass is 698 g/mol. The van der Waals surface area contributed by atoms with Crippen molar-refractivity contribution in [2.24, 2.45) is 71.0 Å². The number of hydrogen-bond acceptors (Lipinski definition) is 1. The standard InChI is InChI=1S/C49H95N/c1-9-11-16-29-49(48-28-22-21-24-40(48)6)41(7)46-34-43(32-31-42(37-50-8)25-18-13-12-17-23-38(3)4)35-47(36-46)45-27-20-15-14-19-26-44(10-2)39(5)30-33-45/h38-50H,9-37H2,1-8H3. The molecular formula is C49H95N. The van der Waals surface area contributed by atoms with Gasteiger partial charge in [-0.3, -0.25) is 0 Å². The second-order valence-electron chi connectivity index (χ2n) is 19.9. The summed E-state index contributed by atoms with van der Waals surface area (Å²) < 4.78 is 0. The molecule has 0 heterocycles. The van der Waals surface area contributed by atoms with Crippen LogP contribution in [0.4, 0.5) is 0 Å². The van der Waals surface area contributed by atoms with Crippen LogP contribution in [-0.4, -0.2) is 13.6 Å². The Kier molecular flexibility index (Phi) is 23.0. The lowest BCUT2D eigenvalue weighted by Crippen LogP contribution is -2.37. The van der Waals surface area contributed by atoms with Gasteiger partial charge in [-0.1, -0.05) is 177 Å². The molecule has 296 valence electrons. The summed E-state index contributed by atoms with van der Waals surface area (Å²) in [5.41, 5.74) is 0. The second kappa shape index (κ2) is 25.9. The van der Waals surface area contributed by atoms with Crippen molar-refractivity contribution >= 4 is 0 Å². The van der Waals surface area contributed by atoms with Crippen LogP contribution in [0.3, 0.4) is 0 Å². The molecule has 11 unspecified atom stereocenters. The molecule has 0 amide bonds. The van der Waals surface area contributed by atoms with E-state index in [1.807, 2.05) is 0 Å². The van der Waals surface area contributed by atoms with Crippen LogP contribution in [-0.2, 0) is 0 Å². The second-order valence-corrected chi connectivity index (χ2v) is 19.9. The lowest BCUT2D eigenvalue weighted by molar-refractivity contribution is 0.0352. The van der Waals surface area contributed by atoms with E-state index < -0.39 is 0 Å². The quantitative estimate of drug-likeness (QED) is 0.118. The maximum Gasteiger partial charge on any atom is -0.00235 e. The highest BCUT2D eigenvalue weighted by Gasteiger charge is 2.40. The van der Waals surface area contributed by atoms with E-state index in [4.69, 9.17) is 0 Å². The molecule has 1 heteroatoms. The van der Waals surface area contributed by atoms with Gasteiger partial charge >= 0.3 is 0 Å². The first-order chi connectivity index (χ1) is 24.3. The molecule has 0 bridgehead atoms. The van der Waals surface area contributed by atoms with Gasteiger partial charge in [-0.05, 0) is 136 Å². The van der Waals surface area contributed by atoms with Crippen molar-refractivity contribution in [1.82, 2.24) is 5.32 Å². The van der Waals surface area contributed by atoms with Gasteiger partial charge < -0.3 is 5.32 Å².